The number of nitrogens with one attached hydrogen (secondary N) is 1. The number of rotatable bonds is 6. The predicted molar refractivity (Wildman–Crippen MR) is 120 cm³/mol. The van der Waals surface area contributed by atoms with E-state index in [-0.39, 0.29) is 5.56 Å². The van der Waals surface area contributed by atoms with Crippen molar-refractivity contribution >= 4 is 10.9 Å². The molecule has 2 aromatic carbocycles. The van der Waals surface area contributed by atoms with Crippen molar-refractivity contribution in [2.24, 2.45) is 0 Å². The molecule has 32 heavy (non-hydrogen) atoms. The first-order chi connectivity index (χ1) is 15.7. The van der Waals surface area contributed by atoms with Crippen LogP contribution in [0.5, 0.6) is 11.5 Å². The minimum atomic E-state index is -0.216. The molecule has 0 bridgehead atoms. The lowest BCUT2D eigenvalue weighted by Gasteiger charge is -2.09. The monoisotopic (exact) mass is 425 g/mol. The van der Waals surface area contributed by atoms with Crippen LogP contribution in [0.25, 0.3) is 27.8 Å². The van der Waals surface area contributed by atoms with Crippen molar-refractivity contribution in [3.63, 3.8) is 0 Å². The van der Waals surface area contributed by atoms with Gasteiger partial charge in [-0.2, -0.15) is 5.10 Å². The van der Waals surface area contributed by atoms with Gasteiger partial charge < -0.3 is 14.5 Å². The number of benzene rings is 2. The fourth-order valence-electron chi connectivity index (χ4n) is 3.44. The Kier molecular flexibility index (Phi) is 5.09. The zero-order valence-electron chi connectivity index (χ0n) is 17.2. The lowest BCUT2D eigenvalue weighted by Crippen LogP contribution is -2.09. The van der Waals surface area contributed by atoms with Crippen LogP contribution in [0.3, 0.4) is 0 Å². The van der Waals surface area contributed by atoms with Crippen LogP contribution in [-0.4, -0.2) is 31.8 Å². The van der Waals surface area contributed by atoms with Crippen LogP contribution in [0.2, 0.25) is 0 Å². The number of pyridine rings is 1. The van der Waals surface area contributed by atoms with Gasteiger partial charge in [-0.25, -0.2) is 14.6 Å². The van der Waals surface area contributed by atoms with Crippen LogP contribution in [-0.2, 0) is 6.61 Å². The molecule has 0 aliphatic carbocycles. The summed E-state index contributed by atoms with van der Waals surface area (Å²) in [5, 5.41) is 4.89. The van der Waals surface area contributed by atoms with Gasteiger partial charge in [-0.1, -0.05) is 24.3 Å². The third-order valence-electron chi connectivity index (χ3n) is 5.05. The second kappa shape index (κ2) is 8.35. The van der Waals surface area contributed by atoms with Crippen LogP contribution in [0, 0.1) is 0 Å². The number of methoxy groups -OCH3 is 1. The number of nitrogens with zero attached hydrogens (tertiary/aromatic N) is 4. The van der Waals surface area contributed by atoms with E-state index in [4.69, 9.17) is 9.47 Å². The Morgan fingerprint density at radius 3 is 2.78 bits per heavy atom. The van der Waals surface area contributed by atoms with Gasteiger partial charge in [0, 0.05) is 18.0 Å². The molecule has 0 radical (unpaired) electrons. The number of fused-ring (bicyclic) bond motifs is 1. The predicted octanol–water partition coefficient (Wildman–Crippen LogP) is 3.76. The van der Waals surface area contributed by atoms with Crippen molar-refractivity contribution in [1.29, 1.82) is 0 Å². The van der Waals surface area contributed by atoms with E-state index in [2.05, 4.69) is 20.1 Å². The molecule has 1 N–H and O–H groups in total. The van der Waals surface area contributed by atoms with E-state index < -0.39 is 0 Å². The summed E-state index contributed by atoms with van der Waals surface area (Å²) in [4.78, 5) is 23.3. The van der Waals surface area contributed by atoms with Gasteiger partial charge >= 0.3 is 0 Å². The Morgan fingerprint density at radius 2 is 1.88 bits per heavy atom. The minimum Gasteiger partial charge on any atom is -0.497 e. The zero-order valence-corrected chi connectivity index (χ0v) is 17.2. The van der Waals surface area contributed by atoms with Gasteiger partial charge in [0.1, 0.15) is 23.6 Å². The van der Waals surface area contributed by atoms with Crippen LogP contribution in [0.15, 0.2) is 84.3 Å². The molecule has 0 saturated heterocycles. The quantitative estimate of drug-likeness (QED) is 0.445. The van der Waals surface area contributed by atoms with E-state index in [0.717, 1.165) is 28.2 Å². The largest absolute Gasteiger partial charge is 0.497 e. The van der Waals surface area contributed by atoms with E-state index >= 15 is 0 Å². The maximum absolute atomic E-state index is 12.1. The summed E-state index contributed by atoms with van der Waals surface area (Å²) < 4.78 is 12.9. The Morgan fingerprint density at radius 1 is 1.00 bits per heavy atom. The summed E-state index contributed by atoms with van der Waals surface area (Å²) in [5.41, 5.74) is 3.13. The van der Waals surface area contributed by atoms with E-state index in [1.165, 1.54) is 6.33 Å². The molecule has 0 atom stereocenters. The van der Waals surface area contributed by atoms with Crippen LogP contribution >= 0.6 is 0 Å². The van der Waals surface area contributed by atoms with Gasteiger partial charge in [-0.15, -0.1) is 0 Å². The summed E-state index contributed by atoms with van der Waals surface area (Å²) in [6, 6.07) is 17.2. The van der Waals surface area contributed by atoms with Crippen LogP contribution in [0.1, 0.15) is 5.56 Å². The maximum atomic E-state index is 12.1. The molecule has 5 rings (SSSR count). The minimum absolute atomic E-state index is 0.216. The highest BCUT2D eigenvalue weighted by atomic mass is 16.5. The fourth-order valence-corrected chi connectivity index (χ4v) is 3.44. The molecule has 3 aromatic heterocycles. The topological polar surface area (TPSA) is 94.9 Å². The van der Waals surface area contributed by atoms with Crippen molar-refractivity contribution in [2.45, 2.75) is 6.61 Å². The van der Waals surface area contributed by atoms with Gasteiger partial charge in [0.15, 0.2) is 5.82 Å². The zero-order chi connectivity index (χ0) is 21.9. The lowest BCUT2D eigenvalue weighted by molar-refractivity contribution is 0.305. The average molecular weight is 425 g/mol. The highest BCUT2D eigenvalue weighted by molar-refractivity contribution is 5.83. The maximum Gasteiger partial charge on any atom is 0.258 e. The Hall–Kier alpha value is -4.46. The number of hydrogen-bond acceptors (Lipinski definition) is 6. The molecule has 158 valence electrons. The Labute approximate surface area is 183 Å². The van der Waals surface area contributed by atoms with Gasteiger partial charge in [0.2, 0.25) is 0 Å². The molecule has 8 heteroatoms. The highest BCUT2D eigenvalue weighted by Crippen LogP contribution is 2.26. The van der Waals surface area contributed by atoms with Gasteiger partial charge in [-0.05, 0) is 41.5 Å². The molecule has 0 saturated carbocycles. The summed E-state index contributed by atoms with van der Waals surface area (Å²) in [6.07, 6.45) is 6.53. The molecule has 0 aliphatic heterocycles. The van der Waals surface area contributed by atoms with Gasteiger partial charge in [0.05, 0.1) is 25.0 Å². The first-order valence-corrected chi connectivity index (χ1v) is 9.95. The molecule has 0 unspecified atom stereocenters. The molecular formula is C24H19N5O3. The standard InChI is InChI=1S/C24H19N5O3/c1-31-19-6-2-4-16(10-19)14-32-20-7-3-5-17(11-20)18-12-28-29(13-18)23-22-21(8-9-25-23)24(30)27-15-26-22/h2-13,15H,14H2,1H3,(H,26,27,30). The molecule has 5 aromatic rings. The lowest BCUT2D eigenvalue weighted by atomic mass is 10.1. The first kappa shape index (κ1) is 19.5. The second-order valence-electron chi connectivity index (χ2n) is 7.10. The van der Waals surface area contributed by atoms with Gasteiger partial charge in [0.25, 0.3) is 5.56 Å². The van der Waals surface area contributed by atoms with Crippen molar-refractivity contribution in [2.75, 3.05) is 7.11 Å². The van der Waals surface area contributed by atoms with Gasteiger partial charge in [-0.3, -0.25) is 4.79 Å². The average Bonchev–Trinajstić information content (AvgIpc) is 3.33. The number of hydrogen-bond donors (Lipinski definition) is 1. The summed E-state index contributed by atoms with van der Waals surface area (Å²) >= 11 is 0. The summed E-state index contributed by atoms with van der Waals surface area (Å²) in [5.74, 6) is 2.03. The molecule has 0 spiro atoms. The van der Waals surface area contributed by atoms with E-state index in [9.17, 15) is 4.79 Å². The molecule has 8 nitrogen and oxygen atoms in total. The Balaban J connectivity index is 1.40. The van der Waals surface area contributed by atoms with Crippen molar-refractivity contribution in [3.05, 3.63) is 95.4 Å². The fraction of sp³-hybridized carbons (Fsp3) is 0.0833. The highest BCUT2D eigenvalue weighted by Gasteiger charge is 2.11. The molecular weight excluding hydrogens is 406 g/mol. The van der Waals surface area contributed by atoms with E-state index in [1.54, 1.807) is 30.3 Å². The summed E-state index contributed by atoms with van der Waals surface area (Å²) in [7, 11) is 1.64. The van der Waals surface area contributed by atoms with E-state index in [0.29, 0.717) is 23.3 Å². The third-order valence-corrected chi connectivity index (χ3v) is 5.05. The number of ether oxygens (including phenoxy) is 2. The van der Waals surface area contributed by atoms with Crippen molar-refractivity contribution in [1.82, 2.24) is 24.7 Å². The first-order valence-electron chi connectivity index (χ1n) is 9.95. The summed E-state index contributed by atoms with van der Waals surface area (Å²) in [6.45, 7) is 0.431. The number of H-pyrrole nitrogens is 1. The second-order valence-corrected chi connectivity index (χ2v) is 7.10. The molecule has 0 fully saturated rings. The molecule has 0 amide bonds. The number of aromatic amines is 1. The van der Waals surface area contributed by atoms with Crippen molar-refractivity contribution in [3.8, 4) is 28.4 Å². The van der Waals surface area contributed by atoms with Crippen molar-refractivity contribution < 1.29 is 9.47 Å². The van der Waals surface area contributed by atoms with Crippen LogP contribution < -0.4 is 15.0 Å². The smallest absolute Gasteiger partial charge is 0.258 e. The van der Waals surface area contributed by atoms with E-state index in [1.807, 2.05) is 54.7 Å². The molecule has 3 heterocycles. The normalized spacial score (nSPS) is 10.9. The SMILES string of the molecule is COc1cccc(COc2cccc(-c3cnn(-c4nccc5c(=O)[nH]cnc45)c3)c2)c1. The molecule has 0 aliphatic rings. The Bertz CT molecular complexity index is 1460. The van der Waals surface area contributed by atoms with Crippen LogP contribution in [0.4, 0.5) is 0 Å². The third kappa shape index (κ3) is 3.81. The number of aromatic nitrogens is 5.